The molecule has 5 aromatic rings. The van der Waals surface area contributed by atoms with Gasteiger partial charge in [-0.25, -0.2) is 0 Å². The summed E-state index contributed by atoms with van der Waals surface area (Å²) in [6.45, 7) is 21.5. The van der Waals surface area contributed by atoms with Crippen molar-refractivity contribution in [2.75, 3.05) is 12.0 Å². The number of allylic oxidation sites excluding steroid dienone is 2. The van der Waals surface area contributed by atoms with Crippen LogP contribution in [0.3, 0.4) is 0 Å². The number of nitrogens with one attached hydrogen (secondary N) is 1. The molecule has 1 radical (unpaired) electrons. The van der Waals surface area contributed by atoms with Crippen LogP contribution < -0.4 is 5.32 Å². The van der Waals surface area contributed by atoms with Crippen LogP contribution >= 0.6 is 11.3 Å². The van der Waals surface area contributed by atoms with Crippen molar-refractivity contribution in [2.24, 2.45) is 15.8 Å². The van der Waals surface area contributed by atoms with Crippen LogP contribution in [0.15, 0.2) is 69.8 Å². The first-order valence-corrected chi connectivity index (χ1v) is 18.2. The largest absolute Gasteiger partial charge is 0.512 e. The van der Waals surface area contributed by atoms with Crippen LogP contribution in [-0.2, 0) is 30.3 Å². The van der Waals surface area contributed by atoms with E-state index in [1.54, 1.807) is 11.3 Å². The molecule has 0 spiro atoms. The predicted molar refractivity (Wildman–Crippen MR) is 205 cm³/mol. The van der Waals surface area contributed by atoms with Crippen LogP contribution in [0.25, 0.3) is 31.8 Å². The second-order valence-corrected chi connectivity index (χ2v) is 16.0. The van der Waals surface area contributed by atoms with E-state index >= 15 is 0 Å². The number of hydrogen-bond acceptors (Lipinski definition) is 6. The van der Waals surface area contributed by atoms with Gasteiger partial charge in [0.05, 0.1) is 0 Å². The van der Waals surface area contributed by atoms with Crippen molar-refractivity contribution in [1.82, 2.24) is 0 Å². The zero-order chi connectivity index (χ0) is 35.0. The number of furan rings is 1. The molecule has 0 amide bonds. The van der Waals surface area contributed by atoms with Crippen LogP contribution in [0.4, 0.5) is 5.88 Å². The van der Waals surface area contributed by atoms with E-state index in [2.05, 4.69) is 87.6 Å². The van der Waals surface area contributed by atoms with Gasteiger partial charge in [-0.05, 0) is 56.2 Å². The van der Waals surface area contributed by atoms with E-state index in [-0.39, 0.29) is 47.9 Å². The summed E-state index contributed by atoms with van der Waals surface area (Å²) in [7, 11) is 0. The minimum atomic E-state index is -0.337. The summed E-state index contributed by atoms with van der Waals surface area (Å²) in [5.41, 5.74) is 4.67. The van der Waals surface area contributed by atoms with E-state index in [0.29, 0.717) is 6.67 Å². The number of benzene rings is 3. The summed E-state index contributed by atoms with van der Waals surface area (Å²) < 4.78 is 7.61. The van der Waals surface area contributed by atoms with Gasteiger partial charge in [0.2, 0.25) is 0 Å². The molecule has 0 bridgehead atoms. The number of thiophene rings is 1. The zero-order valence-corrected chi connectivity index (χ0v) is 33.9. The maximum Gasteiger partial charge on any atom is 0.197 e. The number of fused-ring (bicyclic) bond motifs is 6. The number of nitrogens with zero attached hydrogens (tertiary/aromatic N) is 1. The van der Waals surface area contributed by atoms with E-state index in [9.17, 15) is 9.90 Å². The van der Waals surface area contributed by atoms with Crippen molar-refractivity contribution < 1.29 is 34.4 Å². The Kier molecular flexibility index (Phi) is 11.7. The fourth-order valence-corrected chi connectivity index (χ4v) is 7.23. The molecule has 0 atom stereocenters. The van der Waals surface area contributed by atoms with Gasteiger partial charge in [-0.3, -0.25) is 4.79 Å². The van der Waals surface area contributed by atoms with Crippen LogP contribution in [0, 0.1) is 23.8 Å². The standard InChI is InChI=1S/C27H23N2OS.C15H28O2.Ir/c1-15-11-20-22(31-15)10-9-19-23-24(28-14-29-26(23)30-25(19)20)17-12-16-7-5-6-8-18(16)21(13-17)27(2,3)4;1-7-14(5,8-2)12(16)11-13(17)15(6,9-3)10-4;/h5-11,13,29H,14H2,1-4H3;11,16H,7-10H2,1-6H3;/q-1;;/b;12-11-;. The van der Waals surface area contributed by atoms with E-state index in [1.165, 1.54) is 32.0 Å². The third-order valence-electron chi connectivity index (χ3n) is 10.6. The monoisotopic (exact) mass is 856 g/mol. The van der Waals surface area contributed by atoms with Gasteiger partial charge in [-0.1, -0.05) is 91.5 Å². The van der Waals surface area contributed by atoms with Crippen LogP contribution in [0.2, 0.25) is 0 Å². The Hall–Kier alpha value is -3.25. The van der Waals surface area contributed by atoms with Crippen molar-refractivity contribution in [3.63, 3.8) is 0 Å². The third-order valence-corrected chi connectivity index (χ3v) is 11.6. The average Bonchev–Trinajstić information content (AvgIpc) is 3.66. The minimum Gasteiger partial charge on any atom is -0.512 e. The molecule has 0 unspecified atom stereocenters. The van der Waals surface area contributed by atoms with Crippen LogP contribution in [0.1, 0.15) is 110 Å². The Morgan fingerprint density at radius 3 is 2.22 bits per heavy atom. The molecule has 0 saturated heterocycles. The maximum absolute atomic E-state index is 12.2. The number of hydrogen-bond donors (Lipinski definition) is 2. The molecule has 1 aliphatic rings. The Bertz CT molecular complexity index is 2030. The molecule has 6 rings (SSSR count). The summed E-state index contributed by atoms with van der Waals surface area (Å²) in [5.74, 6) is 1.09. The van der Waals surface area contributed by atoms with Gasteiger partial charge in [0.25, 0.3) is 0 Å². The SMILES string of the molecule is CCC(C)(CC)C(=O)/C=C(\O)C(C)(CC)CC.Cc1cc2c(ccc3c4c(oc32)NCN=C4c2[c-]c3ccccc3c(C(C)(C)C)c2)s1.[Ir]. The molecule has 263 valence electrons. The number of carbonyl (C=O) groups excluding carboxylic acids is 1. The first kappa shape index (κ1) is 38.5. The van der Waals surface area contributed by atoms with Gasteiger partial charge >= 0.3 is 0 Å². The average molecular weight is 856 g/mol. The van der Waals surface area contributed by atoms with Crippen molar-refractivity contribution in [3.8, 4) is 0 Å². The molecule has 2 aromatic heterocycles. The molecular formula is C42H51IrN2O3S-. The fraction of sp³-hybridized carbons (Fsp3) is 0.429. The smallest absolute Gasteiger partial charge is 0.197 e. The normalized spacial score (nSPS) is 13.8. The van der Waals surface area contributed by atoms with Gasteiger partial charge in [-0.15, -0.1) is 40.5 Å². The van der Waals surface area contributed by atoms with Crippen molar-refractivity contribution in [1.29, 1.82) is 0 Å². The predicted octanol–water partition coefficient (Wildman–Crippen LogP) is 12.1. The summed E-state index contributed by atoms with van der Waals surface area (Å²) in [6, 6.07) is 21.0. The first-order valence-electron chi connectivity index (χ1n) is 17.4. The van der Waals surface area contributed by atoms with E-state index in [1.807, 2.05) is 41.5 Å². The van der Waals surface area contributed by atoms with Crippen LogP contribution in [-0.4, -0.2) is 23.3 Å². The first-order chi connectivity index (χ1) is 22.7. The molecule has 1 aliphatic heterocycles. The quantitative estimate of drug-likeness (QED) is 0.0926. The van der Waals surface area contributed by atoms with E-state index < -0.39 is 0 Å². The molecule has 49 heavy (non-hydrogen) atoms. The van der Waals surface area contributed by atoms with Crippen molar-refractivity contribution in [3.05, 3.63) is 88.0 Å². The Labute approximate surface area is 309 Å². The summed E-state index contributed by atoms with van der Waals surface area (Å²) in [4.78, 5) is 18.4. The number of aliphatic hydroxyl groups excluding tert-OH is 1. The Morgan fingerprint density at radius 1 is 0.939 bits per heavy atom. The Balaban J connectivity index is 0.000000260. The zero-order valence-electron chi connectivity index (χ0n) is 30.7. The summed E-state index contributed by atoms with van der Waals surface area (Å²) >= 11 is 1.80. The molecule has 2 N–H and O–H groups in total. The number of aryl methyl sites for hydroxylation is 1. The summed E-state index contributed by atoms with van der Waals surface area (Å²) in [6.07, 6.45) is 4.75. The molecule has 3 aromatic carbocycles. The number of aliphatic imine (C=N–C) groups is 1. The summed E-state index contributed by atoms with van der Waals surface area (Å²) in [5, 5.41) is 18.1. The van der Waals surface area contributed by atoms with E-state index in [4.69, 9.17) is 9.41 Å². The fourth-order valence-electron chi connectivity index (χ4n) is 6.31. The van der Waals surface area contributed by atoms with Crippen molar-refractivity contribution >= 4 is 60.5 Å². The molecule has 3 heterocycles. The van der Waals surface area contributed by atoms with Crippen LogP contribution in [0.5, 0.6) is 0 Å². The molecule has 5 nitrogen and oxygen atoms in total. The Morgan fingerprint density at radius 2 is 1.59 bits per heavy atom. The minimum absolute atomic E-state index is 0. The topological polar surface area (TPSA) is 74.8 Å². The molecule has 0 fully saturated rings. The molecule has 0 saturated carbocycles. The number of ketones is 1. The molecular weight excluding hydrogens is 805 g/mol. The number of rotatable bonds is 8. The molecule has 0 aliphatic carbocycles. The van der Waals surface area contributed by atoms with Gasteiger partial charge in [0.1, 0.15) is 18.0 Å². The maximum atomic E-state index is 12.2. The van der Waals surface area contributed by atoms with Gasteiger partial charge in [0.15, 0.2) is 11.7 Å². The number of anilines is 1. The second-order valence-electron chi connectivity index (χ2n) is 14.7. The van der Waals surface area contributed by atoms with Gasteiger partial charge in [-0.2, -0.15) is 0 Å². The number of aliphatic hydroxyl groups is 1. The van der Waals surface area contributed by atoms with Crippen molar-refractivity contribution in [2.45, 2.75) is 100 Å². The van der Waals surface area contributed by atoms with E-state index in [0.717, 1.165) is 64.8 Å². The molecule has 7 heteroatoms. The third kappa shape index (κ3) is 7.45. The number of carbonyl (C=O) groups is 1. The second kappa shape index (κ2) is 14.9. The van der Waals surface area contributed by atoms with Gasteiger partial charge < -0.3 is 19.8 Å². The van der Waals surface area contributed by atoms with Gasteiger partial charge in [0, 0.05) is 68.6 Å².